The third-order valence-electron chi connectivity index (χ3n) is 2.48. The molecule has 1 heterocycles. The molecule has 0 saturated heterocycles. The van der Waals surface area contributed by atoms with Crippen molar-refractivity contribution >= 4 is 65.8 Å². The highest BCUT2D eigenvalue weighted by molar-refractivity contribution is 14.1. The van der Waals surface area contributed by atoms with E-state index in [1.807, 2.05) is 6.07 Å². The number of aryl methyl sites for hydroxylation is 1. The van der Waals surface area contributed by atoms with Crippen LogP contribution < -0.4 is 5.73 Å². The van der Waals surface area contributed by atoms with E-state index in [4.69, 9.17) is 5.73 Å². The summed E-state index contributed by atoms with van der Waals surface area (Å²) in [5, 5.41) is 0. The predicted octanol–water partition coefficient (Wildman–Crippen LogP) is 5.23. The Hall–Kier alpha value is 0.570. The number of thiophene rings is 1. The summed E-state index contributed by atoms with van der Waals surface area (Å²) in [5.74, 6) is 0. The molecule has 17 heavy (non-hydrogen) atoms. The zero-order valence-electron chi connectivity index (χ0n) is 9.01. The van der Waals surface area contributed by atoms with Crippen molar-refractivity contribution in [2.75, 3.05) is 0 Å². The maximum Gasteiger partial charge on any atom is 0.0657 e. The average molecular weight is 487 g/mol. The molecule has 1 aromatic heterocycles. The van der Waals surface area contributed by atoms with Gasteiger partial charge in [0.25, 0.3) is 0 Å². The first kappa shape index (κ1) is 14.0. The number of halogens is 3. The molecule has 5 heteroatoms. The van der Waals surface area contributed by atoms with Crippen molar-refractivity contribution in [3.63, 3.8) is 0 Å². The molecule has 1 nitrogen and oxygen atoms in total. The summed E-state index contributed by atoms with van der Waals surface area (Å²) in [6.07, 6.45) is 0. The van der Waals surface area contributed by atoms with Gasteiger partial charge in [0.1, 0.15) is 0 Å². The summed E-state index contributed by atoms with van der Waals surface area (Å²) in [5.41, 5.74) is 7.45. The Bertz CT molecular complexity index is 534. The summed E-state index contributed by atoms with van der Waals surface area (Å²) >= 11 is 11.1. The molecule has 1 atom stereocenters. The Kier molecular flexibility index (Phi) is 4.68. The average Bonchev–Trinajstić information content (AvgIpc) is 2.62. The SMILES string of the molecule is Cc1sc(C(N)c2cc(I)ccc2Br)cc1Br. The molecule has 0 aliphatic heterocycles. The molecule has 0 saturated carbocycles. The van der Waals surface area contributed by atoms with Crippen molar-refractivity contribution in [1.29, 1.82) is 0 Å². The van der Waals surface area contributed by atoms with Gasteiger partial charge in [0.2, 0.25) is 0 Å². The lowest BCUT2D eigenvalue weighted by Gasteiger charge is -2.12. The first-order chi connectivity index (χ1) is 7.99. The molecule has 0 radical (unpaired) electrons. The standard InChI is InChI=1S/C12H10Br2INS/c1-6-10(14)5-11(17-6)12(16)8-4-7(15)2-3-9(8)13/h2-5,12H,16H2,1H3. The van der Waals surface area contributed by atoms with Gasteiger partial charge < -0.3 is 5.73 Å². The molecule has 0 aliphatic carbocycles. The fourth-order valence-corrected chi connectivity index (χ4v) is 4.13. The van der Waals surface area contributed by atoms with E-state index in [0.29, 0.717) is 0 Å². The van der Waals surface area contributed by atoms with Gasteiger partial charge in [-0.15, -0.1) is 11.3 Å². The Morgan fingerprint density at radius 1 is 1.24 bits per heavy atom. The van der Waals surface area contributed by atoms with Crippen molar-refractivity contribution in [3.05, 3.63) is 52.1 Å². The Balaban J connectivity index is 2.42. The second-order valence-electron chi connectivity index (χ2n) is 3.70. The van der Waals surface area contributed by atoms with Gasteiger partial charge in [-0.2, -0.15) is 0 Å². The van der Waals surface area contributed by atoms with Crippen LogP contribution in [-0.2, 0) is 0 Å². The highest BCUT2D eigenvalue weighted by Crippen LogP contribution is 2.35. The lowest BCUT2D eigenvalue weighted by atomic mass is 10.1. The normalized spacial score (nSPS) is 12.8. The second kappa shape index (κ2) is 5.69. The van der Waals surface area contributed by atoms with Crippen LogP contribution in [0, 0.1) is 10.5 Å². The van der Waals surface area contributed by atoms with Crippen LogP contribution in [0.15, 0.2) is 33.2 Å². The zero-order chi connectivity index (χ0) is 12.6. The van der Waals surface area contributed by atoms with E-state index in [1.54, 1.807) is 11.3 Å². The fraction of sp³-hybridized carbons (Fsp3) is 0.167. The van der Waals surface area contributed by atoms with E-state index in [9.17, 15) is 0 Å². The Labute approximate surface area is 135 Å². The number of nitrogens with two attached hydrogens (primary N) is 1. The minimum Gasteiger partial charge on any atom is -0.320 e. The lowest BCUT2D eigenvalue weighted by molar-refractivity contribution is 0.886. The summed E-state index contributed by atoms with van der Waals surface area (Å²) in [4.78, 5) is 2.44. The van der Waals surface area contributed by atoms with E-state index in [1.165, 1.54) is 13.3 Å². The molecule has 0 amide bonds. The van der Waals surface area contributed by atoms with E-state index >= 15 is 0 Å². The van der Waals surface area contributed by atoms with Gasteiger partial charge in [-0.3, -0.25) is 0 Å². The molecule has 0 aliphatic rings. The third kappa shape index (κ3) is 3.12. The van der Waals surface area contributed by atoms with Gasteiger partial charge >= 0.3 is 0 Å². The Morgan fingerprint density at radius 3 is 2.53 bits per heavy atom. The molecule has 0 spiro atoms. The van der Waals surface area contributed by atoms with Gasteiger partial charge in [-0.25, -0.2) is 0 Å². The lowest BCUT2D eigenvalue weighted by Crippen LogP contribution is -2.11. The summed E-state index contributed by atoms with van der Waals surface area (Å²) in [6, 6.07) is 8.27. The molecule has 1 aromatic carbocycles. The molecule has 0 fully saturated rings. The molecule has 2 rings (SSSR count). The highest BCUT2D eigenvalue weighted by atomic mass is 127. The summed E-state index contributed by atoms with van der Waals surface area (Å²) < 4.78 is 3.39. The largest absolute Gasteiger partial charge is 0.320 e. The number of benzene rings is 1. The first-order valence-electron chi connectivity index (χ1n) is 4.95. The smallest absolute Gasteiger partial charge is 0.0657 e. The molecular weight excluding hydrogens is 477 g/mol. The van der Waals surface area contributed by atoms with Gasteiger partial charge in [0.15, 0.2) is 0 Å². The van der Waals surface area contributed by atoms with Gasteiger partial charge in [0, 0.05) is 22.3 Å². The molecule has 2 N–H and O–H groups in total. The summed E-state index contributed by atoms with van der Waals surface area (Å²) in [6.45, 7) is 2.09. The maximum absolute atomic E-state index is 6.32. The van der Waals surface area contributed by atoms with Crippen LogP contribution in [0.4, 0.5) is 0 Å². The van der Waals surface area contributed by atoms with Crippen LogP contribution in [0.5, 0.6) is 0 Å². The number of hydrogen-bond acceptors (Lipinski definition) is 2. The van der Waals surface area contributed by atoms with Crippen LogP contribution >= 0.6 is 65.8 Å². The predicted molar refractivity (Wildman–Crippen MR) is 89.6 cm³/mol. The second-order valence-corrected chi connectivity index (χ2v) is 7.94. The monoisotopic (exact) mass is 485 g/mol. The minimum atomic E-state index is -0.0749. The maximum atomic E-state index is 6.32. The first-order valence-corrected chi connectivity index (χ1v) is 8.43. The van der Waals surface area contributed by atoms with Crippen LogP contribution in [0.3, 0.4) is 0 Å². The van der Waals surface area contributed by atoms with E-state index in [-0.39, 0.29) is 6.04 Å². The van der Waals surface area contributed by atoms with Gasteiger partial charge in [-0.1, -0.05) is 15.9 Å². The third-order valence-corrected chi connectivity index (χ3v) is 6.09. The number of hydrogen-bond donors (Lipinski definition) is 1. The van der Waals surface area contributed by atoms with Gasteiger partial charge in [-0.05, 0) is 75.3 Å². The van der Waals surface area contributed by atoms with Crippen molar-refractivity contribution in [3.8, 4) is 0 Å². The van der Waals surface area contributed by atoms with Crippen LogP contribution in [0.25, 0.3) is 0 Å². The van der Waals surface area contributed by atoms with Crippen LogP contribution in [-0.4, -0.2) is 0 Å². The highest BCUT2D eigenvalue weighted by Gasteiger charge is 2.16. The molecule has 0 bridgehead atoms. The topological polar surface area (TPSA) is 26.0 Å². The van der Waals surface area contributed by atoms with Crippen molar-refractivity contribution in [2.24, 2.45) is 5.73 Å². The van der Waals surface area contributed by atoms with Crippen LogP contribution in [0.1, 0.15) is 21.4 Å². The molecular formula is C12H10Br2INS. The molecule has 1 unspecified atom stereocenters. The zero-order valence-corrected chi connectivity index (χ0v) is 15.2. The van der Waals surface area contributed by atoms with Crippen LogP contribution in [0.2, 0.25) is 0 Å². The fourth-order valence-electron chi connectivity index (χ4n) is 1.54. The van der Waals surface area contributed by atoms with Crippen molar-refractivity contribution in [2.45, 2.75) is 13.0 Å². The van der Waals surface area contributed by atoms with E-state index < -0.39 is 0 Å². The Morgan fingerprint density at radius 2 is 1.94 bits per heavy atom. The van der Waals surface area contributed by atoms with Crippen molar-refractivity contribution in [1.82, 2.24) is 0 Å². The summed E-state index contributed by atoms with van der Waals surface area (Å²) in [7, 11) is 0. The minimum absolute atomic E-state index is 0.0749. The quantitative estimate of drug-likeness (QED) is 0.578. The van der Waals surface area contributed by atoms with E-state index in [2.05, 4.69) is 79.6 Å². The molecule has 2 aromatic rings. The van der Waals surface area contributed by atoms with Crippen molar-refractivity contribution < 1.29 is 0 Å². The number of rotatable bonds is 2. The van der Waals surface area contributed by atoms with Gasteiger partial charge in [0.05, 0.1) is 6.04 Å². The van der Waals surface area contributed by atoms with E-state index in [0.717, 1.165) is 14.5 Å². The molecule has 90 valence electrons.